The van der Waals surface area contributed by atoms with Gasteiger partial charge in [-0.1, -0.05) is 11.6 Å². The Morgan fingerprint density at radius 1 is 1.55 bits per heavy atom. The summed E-state index contributed by atoms with van der Waals surface area (Å²) in [5.41, 5.74) is 0. The van der Waals surface area contributed by atoms with E-state index in [-0.39, 0.29) is 13.2 Å². The third-order valence-electron chi connectivity index (χ3n) is 1.06. The van der Waals surface area contributed by atoms with Crippen LogP contribution in [0.1, 0.15) is 0 Å². The molecule has 1 heterocycles. The summed E-state index contributed by atoms with van der Waals surface area (Å²) in [4.78, 5) is 3.79. The van der Waals surface area contributed by atoms with Gasteiger partial charge < -0.3 is 9.84 Å². The van der Waals surface area contributed by atoms with Crippen molar-refractivity contribution in [1.29, 1.82) is 0 Å². The molecule has 0 saturated heterocycles. The van der Waals surface area contributed by atoms with Gasteiger partial charge in [-0.3, -0.25) is 0 Å². The molecule has 0 radical (unpaired) electrons. The number of ether oxygens (including phenoxy) is 1. The fraction of sp³-hybridized carbons (Fsp3) is 0.286. The first-order valence-electron chi connectivity index (χ1n) is 3.18. The van der Waals surface area contributed by atoms with Gasteiger partial charge >= 0.3 is 0 Å². The highest BCUT2D eigenvalue weighted by atomic mass is 35.5. The second kappa shape index (κ2) is 4.16. The van der Waals surface area contributed by atoms with E-state index >= 15 is 0 Å². The van der Waals surface area contributed by atoms with E-state index in [1.807, 2.05) is 0 Å². The van der Waals surface area contributed by atoms with Crippen molar-refractivity contribution in [3.05, 3.63) is 23.5 Å². The molecular weight excluding hydrogens is 166 g/mol. The molecule has 0 unspecified atom stereocenters. The van der Waals surface area contributed by atoms with Crippen LogP contribution in [-0.4, -0.2) is 23.3 Å². The normalized spacial score (nSPS) is 9.64. The van der Waals surface area contributed by atoms with Crippen molar-refractivity contribution in [2.75, 3.05) is 13.2 Å². The summed E-state index contributed by atoms with van der Waals surface area (Å²) in [7, 11) is 0. The molecule has 0 saturated carbocycles. The molecular formula is C7H8ClNO2. The van der Waals surface area contributed by atoms with Crippen molar-refractivity contribution in [3.8, 4) is 5.75 Å². The van der Waals surface area contributed by atoms with Gasteiger partial charge in [0.25, 0.3) is 0 Å². The lowest BCUT2D eigenvalue weighted by Gasteiger charge is -2.01. The van der Waals surface area contributed by atoms with Crippen LogP contribution in [0.15, 0.2) is 18.3 Å². The average molecular weight is 174 g/mol. The van der Waals surface area contributed by atoms with Crippen LogP contribution in [0.2, 0.25) is 5.15 Å². The number of halogens is 1. The zero-order valence-corrected chi connectivity index (χ0v) is 6.58. The van der Waals surface area contributed by atoms with Gasteiger partial charge in [-0.25, -0.2) is 4.98 Å². The van der Waals surface area contributed by atoms with E-state index in [1.54, 1.807) is 12.1 Å². The molecule has 0 aliphatic carbocycles. The van der Waals surface area contributed by atoms with E-state index in [2.05, 4.69) is 4.98 Å². The monoisotopic (exact) mass is 173 g/mol. The molecule has 0 aliphatic heterocycles. The molecule has 0 bridgehead atoms. The fourth-order valence-corrected chi connectivity index (χ4v) is 0.723. The second-order valence-corrected chi connectivity index (χ2v) is 2.28. The van der Waals surface area contributed by atoms with Crippen LogP contribution in [0.5, 0.6) is 5.75 Å². The molecule has 60 valence electrons. The van der Waals surface area contributed by atoms with E-state index in [0.717, 1.165) is 0 Å². The van der Waals surface area contributed by atoms with Gasteiger partial charge in [0.05, 0.1) is 12.8 Å². The maximum atomic E-state index is 8.41. The summed E-state index contributed by atoms with van der Waals surface area (Å²) in [5.74, 6) is 0.614. The molecule has 0 fully saturated rings. The fourth-order valence-electron chi connectivity index (χ4n) is 0.611. The first-order chi connectivity index (χ1) is 5.33. The lowest BCUT2D eigenvalue weighted by Crippen LogP contribution is -2.01. The number of rotatable bonds is 3. The maximum absolute atomic E-state index is 8.41. The van der Waals surface area contributed by atoms with Gasteiger partial charge in [0.1, 0.15) is 17.5 Å². The molecule has 0 spiro atoms. The molecule has 1 rings (SSSR count). The Hall–Kier alpha value is -0.800. The minimum atomic E-state index is 0.00261. The average Bonchev–Trinajstić information content (AvgIpc) is 2.04. The third-order valence-corrected chi connectivity index (χ3v) is 1.28. The molecule has 1 aromatic rings. The molecule has 11 heavy (non-hydrogen) atoms. The lowest BCUT2D eigenvalue weighted by atomic mass is 10.5. The van der Waals surface area contributed by atoms with Crippen LogP contribution < -0.4 is 4.74 Å². The lowest BCUT2D eigenvalue weighted by molar-refractivity contribution is 0.201. The predicted molar refractivity (Wildman–Crippen MR) is 41.8 cm³/mol. The van der Waals surface area contributed by atoms with Crippen molar-refractivity contribution >= 4 is 11.6 Å². The van der Waals surface area contributed by atoms with Crippen molar-refractivity contribution in [2.24, 2.45) is 0 Å². The van der Waals surface area contributed by atoms with Crippen LogP contribution in [0.4, 0.5) is 0 Å². The Kier molecular flexibility index (Phi) is 3.14. The van der Waals surface area contributed by atoms with Gasteiger partial charge in [0, 0.05) is 0 Å². The van der Waals surface area contributed by atoms with Gasteiger partial charge in [0.15, 0.2) is 0 Å². The number of hydrogen-bond donors (Lipinski definition) is 1. The highest BCUT2D eigenvalue weighted by Gasteiger charge is 1.92. The topological polar surface area (TPSA) is 42.4 Å². The third kappa shape index (κ3) is 2.74. The molecule has 0 atom stereocenters. The molecule has 0 amide bonds. The van der Waals surface area contributed by atoms with Gasteiger partial charge in [0.2, 0.25) is 0 Å². The summed E-state index contributed by atoms with van der Waals surface area (Å²) in [6.45, 7) is 0.284. The van der Waals surface area contributed by atoms with Crippen LogP contribution >= 0.6 is 11.6 Å². The highest BCUT2D eigenvalue weighted by Crippen LogP contribution is 2.11. The van der Waals surface area contributed by atoms with Crippen LogP contribution in [-0.2, 0) is 0 Å². The first kappa shape index (κ1) is 8.30. The number of aliphatic hydroxyl groups is 1. The summed E-state index contributed by atoms with van der Waals surface area (Å²) in [5, 5.41) is 8.84. The second-order valence-electron chi connectivity index (χ2n) is 1.89. The first-order valence-corrected chi connectivity index (χ1v) is 3.56. The number of nitrogens with zero attached hydrogens (tertiary/aromatic N) is 1. The smallest absolute Gasteiger partial charge is 0.137 e. The molecule has 0 aromatic carbocycles. The number of pyridine rings is 1. The summed E-state index contributed by atoms with van der Waals surface area (Å²) >= 11 is 5.53. The molecule has 1 N–H and O–H groups in total. The van der Waals surface area contributed by atoms with Gasteiger partial charge in [-0.05, 0) is 12.1 Å². The summed E-state index contributed by atoms with van der Waals surface area (Å²) < 4.78 is 5.04. The van der Waals surface area contributed by atoms with Crippen LogP contribution in [0, 0.1) is 0 Å². The minimum Gasteiger partial charge on any atom is -0.490 e. The highest BCUT2D eigenvalue weighted by molar-refractivity contribution is 6.29. The zero-order valence-electron chi connectivity index (χ0n) is 5.83. The minimum absolute atomic E-state index is 0.00261. The molecule has 4 heteroatoms. The number of hydrogen-bond acceptors (Lipinski definition) is 3. The van der Waals surface area contributed by atoms with Crippen LogP contribution in [0.25, 0.3) is 0 Å². The quantitative estimate of drug-likeness (QED) is 0.697. The van der Waals surface area contributed by atoms with Crippen molar-refractivity contribution < 1.29 is 9.84 Å². The molecule has 0 aliphatic rings. The standard InChI is InChI=1S/C7H8ClNO2/c8-7-2-1-6(5-9-7)11-4-3-10/h1-2,5,10H,3-4H2. The van der Waals surface area contributed by atoms with E-state index in [1.165, 1.54) is 6.20 Å². The van der Waals surface area contributed by atoms with Crippen LogP contribution in [0.3, 0.4) is 0 Å². The number of aromatic nitrogens is 1. The Balaban J connectivity index is 2.52. The Labute approximate surface area is 69.6 Å². The van der Waals surface area contributed by atoms with E-state index in [0.29, 0.717) is 10.9 Å². The zero-order chi connectivity index (χ0) is 8.10. The van der Waals surface area contributed by atoms with Crippen molar-refractivity contribution in [1.82, 2.24) is 4.98 Å². The largest absolute Gasteiger partial charge is 0.490 e. The predicted octanol–water partition coefficient (Wildman–Crippen LogP) is 1.11. The number of aliphatic hydroxyl groups excluding tert-OH is 1. The Morgan fingerprint density at radius 3 is 2.91 bits per heavy atom. The van der Waals surface area contributed by atoms with Crippen molar-refractivity contribution in [3.63, 3.8) is 0 Å². The van der Waals surface area contributed by atoms with Gasteiger partial charge in [-0.15, -0.1) is 0 Å². The molecule has 1 aromatic heterocycles. The summed E-state index contributed by atoms with van der Waals surface area (Å²) in [6, 6.07) is 3.33. The van der Waals surface area contributed by atoms with E-state index < -0.39 is 0 Å². The van der Waals surface area contributed by atoms with Gasteiger partial charge in [-0.2, -0.15) is 0 Å². The SMILES string of the molecule is OCCOc1ccc(Cl)nc1. The molecule has 3 nitrogen and oxygen atoms in total. The Bertz CT molecular complexity index is 212. The maximum Gasteiger partial charge on any atom is 0.137 e. The van der Waals surface area contributed by atoms with E-state index in [9.17, 15) is 0 Å². The summed E-state index contributed by atoms with van der Waals surface area (Å²) in [6.07, 6.45) is 1.51. The van der Waals surface area contributed by atoms with Crippen molar-refractivity contribution in [2.45, 2.75) is 0 Å². The van der Waals surface area contributed by atoms with E-state index in [4.69, 9.17) is 21.4 Å². The Morgan fingerprint density at radius 2 is 2.36 bits per heavy atom.